The van der Waals surface area contributed by atoms with Crippen molar-refractivity contribution in [2.45, 2.75) is 43.8 Å². The lowest BCUT2D eigenvalue weighted by molar-refractivity contribution is -0.140. The largest absolute Gasteiger partial charge is 0.491 e. The molecule has 3 aromatic rings. The molecule has 1 aliphatic rings. The summed E-state index contributed by atoms with van der Waals surface area (Å²) in [5, 5.41) is 15.0. The summed E-state index contributed by atoms with van der Waals surface area (Å²) in [6, 6.07) is 23.0. The Kier molecular flexibility index (Phi) is 9.51. The summed E-state index contributed by atoms with van der Waals surface area (Å²) >= 11 is 0. The predicted molar refractivity (Wildman–Crippen MR) is 149 cm³/mol. The highest BCUT2D eigenvalue weighted by Gasteiger charge is 2.31. The fraction of sp³-hybridized carbons (Fsp3) is 0.290. The fourth-order valence-electron chi connectivity index (χ4n) is 4.67. The van der Waals surface area contributed by atoms with Gasteiger partial charge in [0.1, 0.15) is 24.4 Å². The monoisotopic (exact) mass is 543 g/mol. The van der Waals surface area contributed by atoms with E-state index in [1.807, 2.05) is 60.7 Å². The van der Waals surface area contributed by atoms with Crippen molar-refractivity contribution in [3.63, 3.8) is 0 Å². The Bertz CT molecular complexity index is 1330. The number of nitrogens with one attached hydrogen (secondary N) is 2. The van der Waals surface area contributed by atoms with Gasteiger partial charge in [-0.2, -0.15) is 0 Å². The van der Waals surface area contributed by atoms with Gasteiger partial charge in [0.15, 0.2) is 0 Å². The highest BCUT2D eigenvalue weighted by atomic mass is 16.5. The summed E-state index contributed by atoms with van der Waals surface area (Å²) < 4.78 is 6.12. The van der Waals surface area contributed by atoms with E-state index in [0.717, 1.165) is 11.1 Å². The Morgan fingerprint density at radius 2 is 1.48 bits per heavy atom. The number of ether oxygens (including phenoxy) is 1. The summed E-state index contributed by atoms with van der Waals surface area (Å²) in [7, 11) is 1.68. The molecule has 0 aromatic heterocycles. The van der Waals surface area contributed by atoms with E-state index in [9.17, 15) is 24.3 Å². The maximum absolute atomic E-state index is 13.9. The van der Waals surface area contributed by atoms with Gasteiger partial charge in [-0.25, -0.2) is 4.79 Å². The average molecular weight is 544 g/mol. The molecule has 9 nitrogen and oxygen atoms in total. The third kappa shape index (κ3) is 7.47. The normalized spacial score (nSPS) is 20.7. The molecule has 3 amide bonds. The summed E-state index contributed by atoms with van der Waals surface area (Å²) in [5.74, 6) is -2.39. The number of fused-ring (bicyclic) bond motifs is 1. The summed E-state index contributed by atoms with van der Waals surface area (Å²) in [4.78, 5) is 53.4. The minimum Gasteiger partial charge on any atom is -0.491 e. The molecule has 40 heavy (non-hydrogen) atoms. The van der Waals surface area contributed by atoms with Gasteiger partial charge in [-0.05, 0) is 36.1 Å². The van der Waals surface area contributed by atoms with Crippen LogP contribution in [-0.2, 0) is 27.2 Å². The van der Waals surface area contributed by atoms with Crippen molar-refractivity contribution in [3.8, 4) is 5.75 Å². The van der Waals surface area contributed by atoms with Crippen LogP contribution in [0.25, 0.3) is 0 Å². The number of amides is 3. The summed E-state index contributed by atoms with van der Waals surface area (Å²) in [5.41, 5.74) is 2.03. The molecule has 3 atom stereocenters. The van der Waals surface area contributed by atoms with E-state index in [4.69, 9.17) is 4.74 Å². The minimum atomic E-state index is -1.30. The molecule has 208 valence electrons. The third-order valence-electron chi connectivity index (χ3n) is 6.95. The number of hydrogen-bond donors (Lipinski definition) is 3. The van der Waals surface area contributed by atoms with E-state index < -0.39 is 35.9 Å². The predicted octanol–water partition coefficient (Wildman–Crippen LogP) is 2.84. The van der Waals surface area contributed by atoms with Gasteiger partial charge in [0.25, 0.3) is 5.91 Å². The van der Waals surface area contributed by atoms with Crippen molar-refractivity contribution in [2.24, 2.45) is 0 Å². The second-order valence-corrected chi connectivity index (χ2v) is 9.81. The van der Waals surface area contributed by atoms with Crippen molar-refractivity contribution in [3.05, 3.63) is 102 Å². The number of benzene rings is 3. The number of nitrogens with zero attached hydrogens (tertiary/aromatic N) is 1. The van der Waals surface area contributed by atoms with Crippen LogP contribution in [0.5, 0.6) is 5.75 Å². The van der Waals surface area contributed by atoms with Crippen molar-refractivity contribution in [2.75, 3.05) is 13.7 Å². The zero-order valence-corrected chi connectivity index (χ0v) is 22.3. The molecule has 3 N–H and O–H groups in total. The van der Waals surface area contributed by atoms with Crippen LogP contribution in [0.1, 0.15) is 34.3 Å². The van der Waals surface area contributed by atoms with E-state index in [-0.39, 0.29) is 43.1 Å². The van der Waals surface area contributed by atoms with Crippen LogP contribution in [0.2, 0.25) is 0 Å². The lowest BCUT2D eigenvalue weighted by Gasteiger charge is -2.32. The number of carboxylic acid groups (broad SMARTS) is 1. The third-order valence-corrected chi connectivity index (χ3v) is 6.95. The van der Waals surface area contributed by atoms with Gasteiger partial charge in [0.2, 0.25) is 11.8 Å². The smallest absolute Gasteiger partial charge is 0.326 e. The Hall–Kier alpha value is -4.66. The Morgan fingerprint density at radius 3 is 2.12 bits per heavy atom. The zero-order valence-electron chi connectivity index (χ0n) is 22.3. The molecular weight excluding hydrogens is 510 g/mol. The van der Waals surface area contributed by atoms with E-state index in [2.05, 4.69) is 10.6 Å². The molecule has 0 fully saturated rings. The second kappa shape index (κ2) is 13.4. The van der Waals surface area contributed by atoms with Crippen molar-refractivity contribution in [1.82, 2.24) is 15.5 Å². The average Bonchev–Trinajstić information content (AvgIpc) is 2.97. The highest BCUT2D eigenvalue weighted by molar-refractivity contribution is 5.99. The van der Waals surface area contributed by atoms with Gasteiger partial charge in [-0.3, -0.25) is 14.4 Å². The molecule has 3 aromatic carbocycles. The lowest BCUT2D eigenvalue weighted by Crippen LogP contribution is -2.53. The maximum Gasteiger partial charge on any atom is 0.326 e. The van der Waals surface area contributed by atoms with Crippen LogP contribution in [0.15, 0.2) is 84.9 Å². The van der Waals surface area contributed by atoms with E-state index in [1.54, 1.807) is 36.2 Å². The van der Waals surface area contributed by atoms with Gasteiger partial charge in [0.05, 0.1) is 11.6 Å². The first-order valence-electron chi connectivity index (χ1n) is 13.2. The van der Waals surface area contributed by atoms with E-state index >= 15 is 0 Å². The molecule has 0 bridgehead atoms. The SMILES string of the molecule is CN1C(=O)[C@H](Cc2ccccc2)NC(=O)CC[C@@H](C(=O)O)NC(=O)c2ccccc2OC[C@H]1Cc1ccccc1. The molecule has 0 saturated carbocycles. The number of rotatable bonds is 5. The number of carbonyl (C=O) groups excluding carboxylic acids is 3. The van der Waals surface area contributed by atoms with Gasteiger partial charge in [-0.1, -0.05) is 72.8 Å². The second-order valence-electron chi connectivity index (χ2n) is 9.81. The van der Waals surface area contributed by atoms with Crippen LogP contribution < -0.4 is 15.4 Å². The molecule has 4 rings (SSSR count). The number of carbonyl (C=O) groups is 4. The van der Waals surface area contributed by atoms with Crippen molar-refractivity contribution in [1.29, 1.82) is 0 Å². The summed E-state index contributed by atoms with van der Waals surface area (Å²) in [6.07, 6.45) is 0.404. The van der Waals surface area contributed by atoms with E-state index in [1.165, 1.54) is 0 Å². The van der Waals surface area contributed by atoms with Gasteiger partial charge >= 0.3 is 5.97 Å². The molecule has 1 aliphatic heterocycles. The Morgan fingerprint density at radius 1 is 0.875 bits per heavy atom. The van der Waals surface area contributed by atoms with Crippen LogP contribution in [0.3, 0.4) is 0 Å². The fourth-order valence-corrected chi connectivity index (χ4v) is 4.67. The first-order valence-corrected chi connectivity index (χ1v) is 13.2. The maximum atomic E-state index is 13.9. The van der Waals surface area contributed by atoms with Crippen LogP contribution in [-0.4, -0.2) is 65.5 Å². The molecule has 0 unspecified atom stereocenters. The van der Waals surface area contributed by atoms with Crippen molar-refractivity contribution < 1.29 is 29.0 Å². The van der Waals surface area contributed by atoms with Crippen molar-refractivity contribution >= 4 is 23.7 Å². The quantitative estimate of drug-likeness (QED) is 0.455. The van der Waals surface area contributed by atoms with Crippen LogP contribution in [0.4, 0.5) is 0 Å². The Balaban J connectivity index is 1.70. The first-order chi connectivity index (χ1) is 19.3. The van der Waals surface area contributed by atoms with Gasteiger partial charge in [-0.15, -0.1) is 0 Å². The van der Waals surface area contributed by atoms with Gasteiger partial charge in [0, 0.05) is 19.9 Å². The topological polar surface area (TPSA) is 125 Å². The number of aliphatic carboxylic acids is 1. The molecule has 1 heterocycles. The number of likely N-dealkylation sites (N-methyl/N-ethyl adjacent to an activating group) is 1. The number of carboxylic acids is 1. The van der Waals surface area contributed by atoms with Gasteiger partial charge < -0.3 is 25.4 Å². The molecule has 0 spiro atoms. The molecule has 9 heteroatoms. The zero-order chi connectivity index (χ0) is 28.5. The number of para-hydroxylation sites is 1. The van der Waals surface area contributed by atoms with Crippen LogP contribution >= 0.6 is 0 Å². The molecule has 0 saturated heterocycles. The first kappa shape index (κ1) is 28.4. The Labute approximate surface area is 233 Å². The molecule has 0 radical (unpaired) electrons. The number of hydrogen-bond acceptors (Lipinski definition) is 5. The van der Waals surface area contributed by atoms with Crippen LogP contribution in [0, 0.1) is 0 Å². The highest BCUT2D eigenvalue weighted by Crippen LogP contribution is 2.21. The van der Waals surface area contributed by atoms with E-state index in [0.29, 0.717) is 6.42 Å². The minimum absolute atomic E-state index is 0.0653. The lowest BCUT2D eigenvalue weighted by atomic mass is 10.0. The summed E-state index contributed by atoms with van der Waals surface area (Å²) in [6.45, 7) is 0.0653. The molecular formula is C31H33N3O6. The molecule has 0 aliphatic carbocycles. The standard InChI is InChI=1S/C31H33N3O6/c1-34-23(18-21-10-4-2-5-11-21)20-40-27-15-9-8-14-24(27)29(36)33-25(31(38)39)16-17-28(35)32-26(30(34)37)19-22-12-6-3-7-13-22/h2-15,23,25-26H,16-20H2,1H3,(H,32,35)(H,33,36)(H,38,39)/t23-,25+,26+/m1/s1.